The van der Waals surface area contributed by atoms with Crippen LogP contribution in [0.1, 0.15) is 92.9 Å². The van der Waals surface area contributed by atoms with Gasteiger partial charge in [-0.05, 0) is 127 Å². The molecule has 1 unspecified atom stereocenters. The molecule has 0 aromatic carbocycles. The maximum Gasteiger partial charge on any atom is 0.137 e. The SMILES string of the molecule is C=C(C)/C(C)=C/C(=NC)C1=CC(=C2CCC2)N2C=C(CCCN(C)C)C=CC2=N1.CCC/C=C(/C)C(C)CC. The Balaban J connectivity index is 0.000000455. The summed E-state index contributed by atoms with van der Waals surface area (Å²) in [4.78, 5) is 14.0. The van der Waals surface area contributed by atoms with Crippen LogP contribution in [0.2, 0.25) is 0 Å². The molecule has 2 heterocycles. The predicted molar refractivity (Wildman–Crippen MR) is 173 cm³/mol. The van der Waals surface area contributed by atoms with Crippen molar-refractivity contribution in [3.05, 3.63) is 82.4 Å². The normalized spacial score (nSPS) is 18.6. The molecule has 0 saturated heterocycles. The molecule has 4 heteroatoms. The average Bonchev–Trinajstić information content (AvgIpc) is 2.88. The van der Waals surface area contributed by atoms with Crippen LogP contribution >= 0.6 is 0 Å². The molecule has 0 radical (unpaired) electrons. The van der Waals surface area contributed by atoms with E-state index < -0.39 is 0 Å². The number of allylic oxidation sites excluding steroid dienone is 9. The van der Waals surface area contributed by atoms with Gasteiger partial charge in [0, 0.05) is 18.9 Å². The summed E-state index contributed by atoms with van der Waals surface area (Å²) >= 11 is 0. The van der Waals surface area contributed by atoms with Crippen molar-refractivity contribution in [2.45, 2.75) is 92.9 Å². The molecule has 0 aromatic heterocycles. The minimum absolute atomic E-state index is 0.784. The second-order valence-corrected chi connectivity index (χ2v) is 11.4. The van der Waals surface area contributed by atoms with Gasteiger partial charge in [0.25, 0.3) is 0 Å². The van der Waals surface area contributed by atoms with Crippen LogP contribution in [0.4, 0.5) is 0 Å². The maximum atomic E-state index is 4.95. The zero-order valence-electron chi connectivity index (χ0n) is 26.4. The minimum Gasteiger partial charge on any atom is -0.309 e. The molecule has 0 amide bonds. The monoisotopic (exact) mass is 530 g/mol. The summed E-state index contributed by atoms with van der Waals surface area (Å²) in [5.41, 5.74) is 9.75. The number of rotatable bonds is 11. The van der Waals surface area contributed by atoms with E-state index in [1.807, 2.05) is 14.0 Å². The van der Waals surface area contributed by atoms with Crippen LogP contribution in [0.25, 0.3) is 0 Å². The molecule has 39 heavy (non-hydrogen) atoms. The first kappa shape index (κ1) is 32.5. The molecule has 0 bridgehead atoms. The molecule has 1 atom stereocenters. The zero-order valence-corrected chi connectivity index (χ0v) is 26.4. The minimum atomic E-state index is 0.784. The van der Waals surface area contributed by atoms with Gasteiger partial charge in [0.1, 0.15) is 5.84 Å². The van der Waals surface area contributed by atoms with Crippen LogP contribution in [0.5, 0.6) is 0 Å². The lowest BCUT2D eigenvalue weighted by atomic mass is 9.88. The fourth-order valence-electron chi connectivity index (χ4n) is 4.41. The van der Waals surface area contributed by atoms with E-state index in [1.165, 1.54) is 55.4 Å². The molecule has 4 nitrogen and oxygen atoms in total. The highest BCUT2D eigenvalue weighted by Gasteiger charge is 2.26. The molecular formula is C35H54N4. The van der Waals surface area contributed by atoms with E-state index in [-0.39, 0.29) is 0 Å². The van der Waals surface area contributed by atoms with Gasteiger partial charge in [0.05, 0.1) is 11.4 Å². The Morgan fingerprint density at radius 1 is 1.18 bits per heavy atom. The maximum absolute atomic E-state index is 4.95. The van der Waals surface area contributed by atoms with Crippen molar-refractivity contribution in [1.82, 2.24) is 9.80 Å². The molecule has 214 valence electrons. The van der Waals surface area contributed by atoms with Crippen LogP contribution < -0.4 is 0 Å². The van der Waals surface area contributed by atoms with Crippen molar-refractivity contribution in [1.29, 1.82) is 0 Å². The number of unbranched alkanes of at least 4 members (excludes halogenated alkanes) is 1. The smallest absolute Gasteiger partial charge is 0.137 e. The number of amidine groups is 1. The van der Waals surface area contributed by atoms with E-state index in [0.29, 0.717) is 0 Å². The molecule has 0 aromatic rings. The van der Waals surface area contributed by atoms with Crippen molar-refractivity contribution < 1.29 is 0 Å². The third kappa shape index (κ3) is 10.1. The van der Waals surface area contributed by atoms with Gasteiger partial charge in [0.2, 0.25) is 0 Å². The highest BCUT2D eigenvalue weighted by molar-refractivity contribution is 6.12. The van der Waals surface area contributed by atoms with E-state index in [0.717, 1.165) is 53.7 Å². The van der Waals surface area contributed by atoms with Crippen molar-refractivity contribution in [2.75, 3.05) is 27.7 Å². The summed E-state index contributed by atoms with van der Waals surface area (Å²) in [6.07, 6.45) is 23.0. The Bertz CT molecular complexity index is 1100. The molecule has 1 aliphatic carbocycles. The molecule has 1 saturated carbocycles. The van der Waals surface area contributed by atoms with E-state index >= 15 is 0 Å². The Labute approximate surface area is 240 Å². The summed E-state index contributed by atoms with van der Waals surface area (Å²) in [6, 6.07) is 0. The van der Waals surface area contributed by atoms with Crippen molar-refractivity contribution >= 4 is 11.5 Å². The van der Waals surface area contributed by atoms with Crippen LogP contribution in [-0.2, 0) is 0 Å². The van der Waals surface area contributed by atoms with Crippen LogP contribution in [0.3, 0.4) is 0 Å². The van der Waals surface area contributed by atoms with Crippen LogP contribution in [0, 0.1) is 5.92 Å². The molecule has 0 spiro atoms. The first-order chi connectivity index (χ1) is 18.6. The predicted octanol–water partition coefficient (Wildman–Crippen LogP) is 9.19. The Hall–Kier alpha value is -2.72. The topological polar surface area (TPSA) is 31.2 Å². The van der Waals surface area contributed by atoms with Gasteiger partial charge in [0.15, 0.2) is 0 Å². The molecule has 3 rings (SSSR count). The standard InChI is InChI=1S/C25H34N4.C10H20/c1-18(2)19(3)15-22(26-4)23-16-24(21-10-7-11-21)29-17-20(9-8-14-28(5)6)12-13-25(29)27-23;1-5-7-8-10(4)9(3)6-2/h12-13,15-17H,1,7-11,14H2,2-6H3;8-9H,5-7H2,1-4H3/b19-15+,26-22?;10-8-. The largest absolute Gasteiger partial charge is 0.309 e. The summed E-state index contributed by atoms with van der Waals surface area (Å²) < 4.78 is 0. The zero-order chi connectivity index (χ0) is 28.9. The van der Waals surface area contributed by atoms with Gasteiger partial charge < -0.3 is 9.80 Å². The third-order valence-electron chi connectivity index (χ3n) is 7.82. The van der Waals surface area contributed by atoms with Gasteiger partial charge in [-0.1, -0.05) is 57.1 Å². The third-order valence-corrected chi connectivity index (χ3v) is 7.82. The van der Waals surface area contributed by atoms with Crippen molar-refractivity contribution in [2.24, 2.45) is 15.9 Å². The van der Waals surface area contributed by atoms with Crippen LogP contribution in [-0.4, -0.2) is 49.0 Å². The summed E-state index contributed by atoms with van der Waals surface area (Å²) in [5, 5.41) is 0. The number of fused-ring (bicyclic) bond motifs is 1. The van der Waals surface area contributed by atoms with Gasteiger partial charge in [-0.3, -0.25) is 4.99 Å². The highest BCUT2D eigenvalue weighted by Crippen LogP contribution is 2.35. The van der Waals surface area contributed by atoms with E-state index in [1.54, 1.807) is 5.57 Å². The van der Waals surface area contributed by atoms with Crippen molar-refractivity contribution in [3.8, 4) is 0 Å². The second-order valence-electron chi connectivity index (χ2n) is 11.4. The lowest BCUT2D eigenvalue weighted by molar-refractivity contribution is 0.400. The lowest BCUT2D eigenvalue weighted by Gasteiger charge is -2.34. The van der Waals surface area contributed by atoms with Crippen LogP contribution in [0.15, 0.2) is 92.4 Å². The average molecular weight is 531 g/mol. The van der Waals surface area contributed by atoms with Gasteiger partial charge in [-0.2, -0.15) is 0 Å². The Morgan fingerprint density at radius 3 is 2.44 bits per heavy atom. The van der Waals surface area contributed by atoms with Gasteiger partial charge >= 0.3 is 0 Å². The molecular weight excluding hydrogens is 476 g/mol. The van der Waals surface area contributed by atoms with E-state index in [4.69, 9.17) is 4.99 Å². The number of aliphatic imine (C=N–C) groups is 2. The molecule has 0 N–H and O–H groups in total. The van der Waals surface area contributed by atoms with Gasteiger partial charge in [-0.25, -0.2) is 4.99 Å². The highest BCUT2D eigenvalue weighted by atomic mass is 15.2. The lowest BCUT2D eigenvalue weighted by Crippen LogP contribution is -2.31. The Kier molecular flexibility index (Phi) is 13.7. The van der Waals surface area contributed by atoms with E-state index in [9.17, 15) is 0 Å². The van der Waals surface area contributed by atoms with Gasteiger partial charge in [-0.15, -0.1) is 0 Å². The molecule has 2 aliphatic heterocycles. The molecule has 3 aliphatic rings. The fraction of sp³-hybridized carbons (Fsp3) is 0.543. The Morgan fingerprint density at radius 2 is 1.90 bits per heavy atom. The first-order valence-corrected chi connectivity index (χ1v) is 14.9. The quantitative estimate of drug-likeness (QED) is 0.151. The molecule has 1 fully saturated rings. The number of nitrogens with zero attached hydrogens (tertiary/aromatic N) is 4. The number of hydrogen-bond donors (Lipinski definition) is 0. The summed E-state index contributed by atoms with van der Waals surface area (Å²) in [6.45, 7) is 18.2. The second kappa shape index (κ2) is 16.4. The van der Waals surface area contributed by atoms with E-state index in [2.05, 4.69) is 107 Å². The summed E-state index contributed by atoms with van der Waals surface area (Å²) in [5.74, 6) is 1.77. The fourth-order valence-corrected chi connectivity index (χ4v) is 4.41. The van der Waals surface area contributed by atoms with Crippen molar-refractivity contribution in [3.63, 3.8) is 0 Å². The summed E-state index contributed by atoms with van der Waals surface area (Å²) in [7, 11) is 6.09. The number of hydrogen-bond acceptors (Lipinski definition) is 4. The first-order valence-electron chi connectivity index (χ1n) is 14.9.